The van der Waals surface area contributed by atoms with E-state index in [1.165, 1.54) is 30.3 Å². The highest BCUT2D eigenvalue weighted by molar-refractivity contribution is 7.92. The predicted octanol–water partition coefficient (Wildman–Crippen LogP) is 4.97. The molecule has 0 heterocycles. The molecule has 0 spiro atoms. The zero-order valence-electron chi connectivity index (χ0n) is 13.5. The summed E-state index contributed by atoms with van der Waals surface area (Å²) in [6, 6.07) is 12.0. The first kappa shape index (κ1) is 25.5. The van der Waals surface area contributed by atoms with Crippen molar-refractivity contribution in [3.8, 4) is 0 Å². The number of nitro groups is 1. The summed E-state index contributed by atoms with van der Waals surface area (Å²) in [6.07, 6.45) is 0. The fourth-order valence-corrected chi connectivity index (χ4v) is 2.75. The van der Waals surface area contributed by atoms with Gasteiger partial charge >= 0.3 is 0 Å². The predicted molar refractivity (Wildman–Crippen MR) is 86.5 cm³/mol. The summed E-state index contributed by atoms with van der Waals surface area (Å²) in [5.41, 5.74) is 0.502. The van der Waals surface area contributed by atoms with Crippen molar-refractivity contribution in [1.29, 1.82) is 0 Å². The van der Waals surface area contributed by atoms with E-state index < -0.39 is 14.9 Å². The van der Waals surface area contributed by atoms with Gasteiger partial charge in [-0.2, -0.15) is 0 Å². The minimum Gasteiger partial charge on any atom is -0.279 e. The van der Waals surface area contributed by atoms with Crippen LogP contribution in [0.1, 0.15) is 5.56 Å². The number of aryl methyl sites for hydroxylation is 1. The van der Waals surface area contributed by atoms with Crippen LogP contribution in [0.25, 0.3) is 0 Å². The maximum absolute atomic E-state index is 12.1. The molecule has 0 aliphatic heterocycles. The molecule has 0 aliphatic rings. The van der Waals surface area contributed by atoms with Crippen molar-refractivity contribution >= 4 is 21.4 Å². The molecule has 146 valence electrons. The number of alkyl halides is 1. The van der Waals surface area contributed by atoms with E-state index in [4.69, 9.17) is 18.3 Å². The maximum atomic E-state index is 12.1. The van der Waals surface area contributed by atoms with Crippen molar-refractivity contribution in [2.24, 2.45) is 0 Å². The lowest BCUT2D eigenvalue weighted by atomic mass is 10.2. The summed E-state index contributed by atoms with van der Waals surface area (Å²) in [7, 11) is -3.24. The molecule has 0 fully saturated rings. The standard InChI is InChI=1S/C13H12N2O4S.CH3F.2F2/c1-10-7-8-11(9-13(10)15(16)17)14-20(18,19)12-5-3-2-4-6-12;3*1-2/h2-9,14H,1H3;1H3;;. The van der Waals surface area contributed by atoms with Crippen LogP contribution in [0, 0.1) is 17.0 Å². The molecule has 0 atom stereocenters. The van der Waals surface area contributed by atoms with Crippen LogP contribution in [0.2, 0.25) is 0 Å². The molecule has 6 nitrogen and oxygen atoms in total. The zero-order chi connectivity index (χ0) is 20.8. The van der Waals surface area contributed by atoms with Crippen molar-refractivity contribution in [2.45, 2.75) is 11.8 Å². The van der Waals surface area contributed by atoms with Crippen molar-refractivity contribution < 1.29 is 36.0 Å². The van der Waals surface area contributed by atoms with Gasteiger partial charge in [0.2, 0.25) is 0 Å². The molecule has 0 amide bonds. The molecule has 0 radical (unpaired) electrons. The minimum atomic E-state index is -3.74. The van der Waals surface area contributed by atoms with Crippen LogP contribution in [-0.4, -0.2) is 20.5 Å². The molecule has 0 aromatic heterocycles. The SMILES string of the molecule is CF.Cc1ccc(NS(=O)(=O)c2ccccc2)cc1[N+](=O)[O-].FF.FF. The van der Waals surface area contributed by atoms with E-state index in [0.29, 0.717) is 12.7 Å². The van der Waals surface area contributed by atoms with Gasteiger partial charge < -0.3 is 0 Å². The molecule has 0 saturated carbocycles. The highest BCUT2D eigenvalue weighted by Crippen LogP contribution is 2.24. The van der Waals surface area contributed by atoms with Gasteiger partial charge in [-0.05, 0) is 25.1 Å². The highest BCUT2D eigenvalue weighted by Gasteiger charge is 2.16. The smallest absolute Gasteiger partial charge is 0.274 e. The first-order chi connectivity index (χ1) is 12.4. The molecular formula is C14H15F5N2O4S. The Hall–Kier alpha value is -2.76. The fourth-order valence-electron chi connectivity index (χ4n) is 1.68. The van der Waals surface area contributed by atoms with Crippen LogP contribution >= 0.6 is 0 Å². The molecule has 12 heteroatoms. The van der Waals surface area contributed by atoms with Gasteiger partial charge in [0.25, 0.3) is 15.7 Å². The maximum Gasteiger partial charge on any atom is 0.274 e. The number of rotatable bonds is 4. The lowest BCUT2D eigenvalue weighted by Gasteiger charge is -2.08. The fraction of sp³-hybridized carbons (Fsp3) is 0.143. The number of hydrogen-bond donors (Lipinski definition) is 1. The van der Waals surface area contributed by atoms with Crippen LogP contribution in [0.4, 0.5) is 34.1 Å². The van der Waals surface area contributed by atoms with Gasteiger partial charge in [-0.25, -0.2) is 8.42 Å². The van der Waals surface area contributed by atoms with Crippen molar-refractivity contribution in [1.82, 2.24) is 0 Å². The van der Waals surface area contributed by atoms with E-state index in [9.17, 15) is 22.9 Å². The quantitative estimate of drug-likeness (QED) is 0.444. The third-order valence-electron chi connectivity index (χ3n) is 2.71. The first-order valence-corrected chi connectivity index (χ1v) is 7.88. The summed E-state index contributed by atoms with van der Waals surface area (Å²) >= 11 is 0. The Morgan fingerprint density at radius 3 is 1.92 bits per heavy atom. The second-order valence-corrected chi connectivity index (χ2v) is 5.86. The Balaban J connectivity index is 0. The van der Waals surface area contributed by atoms with Gasteiger partial charge in [0, 0.05) is 29.9 Å². The monoisotopic (exact) mass is 402 g/mol. The Morgan fingerprint density at radius 2 is 1.46 bits per heavy atom. The van der Waals surface area contributed by atoms with Crippen LogP contribution < -0.4 is 4.72 Å². The largest absolute Gasteiger partial charge is 0.279 e. The van der Waals surface area contributed by atoms with Crippen LogP contribution in [0.5, 0.6) is 0 Å². The van der Waals surface area contributed by atoms with E-state index in [-0.39, 0.29) is 16.3 Å². The second kappa shape index (κ2) is 13.5. The number of sulfonamides is 1. The second-order valence-electron chi connectivity index (χ2n) is 4.18. The Bertz CT molecular complexity index is 761. The molecule has 0 unspecified atom stereocenters. The molecule has 0 aliphatic carbocycles. The Labute approximate surface area is 146 Å². The average Bonchev–Trinajstić information content (AvgIpc) is 2.68. The molecule has 0 saturated heterocycles. The van der Waals surface area contributed by atoms with E-state index in [1.807, 2.05) is 0 Å². The zero-order valence-corrected chi connectivity index (χ0v) is 14.3. The normalized spacial score (nSPS) is 9.19. The molecule has 26 heavy (non-hydrogen) atoms. The van der Waals surface area contributed by atoms with E-state index >= 15 is 0 Å². The lowest BCUT2D eigenvalue weighted by molar-refractivity contribution is -0.385. The summed E-state index contributed by atoms with van der Waals surface area (Å²) in [5.74, 6) is 0. The number of nitro benzene ring substituents is 1. The highest BCUT2D eigenvalue weighted by atomic mass is 32.2. The lowest BCUT2D eigenvalue weighted by Crippen LogP contribution is -2.13. The average molecular weight is 402 g/mol. The van der Waals surface area contributed by atoms with Crippen LogP contribution in [0.15, 0.2) is 53.4 Å². The number of benzene rings is 2. The van der Waals surface area contributed by atoms with Crippen LogP contribution in [-0.2, 0) is 10.0 Å². The number of nitrogens with zero attached hydrogens (tertiary/aromatic N) is 1. The van der Waals surface area contributed by atoms with Gasteiger partial charge in [-0.15, -0.1) is 0 Å². The number of nitrogens with one attached hydrogen (secondary N) is 1. The number of halogens is 5. The number of anilines is 1. The van der Waals surface area contributed by atoms with Crippen molar-refractivity contribution in [2.75, 3.05) is 11.9 Å². The van der Waals surface area contributed by atoms with Gasteiger partial charge in [-0.1, -0.05) is 24.3 Å². The third-order valence-corrected chi connectivity index (χ3v) is 4.11. The van der Waals surface area contributed by atoms with Gasteiger partial charge in [0.05, 0.1) is 22.7 Å². The van der Waals surface area contributed by atoms with Gasteiger partial charge in [0.15, 0.2) is 0 Å². The molecule has 2 aromatic carbocycles. The number of hydrogen-bond acceptors (Lipinski definition) is 4. The molecular weight excluding hydrogens is 387 g/mol. The molecule has 0 bridgehead atoms. The molecule has 1 N–H and O–H groups in total. The van der Waals surface area contributed by atoms with Crippen molar-refractivity contribution in [3.05, 3.63) is 64.2 Å². The summed E-state index contributed by atoms with van der Waals surface area (Å²) in [6.45, 7) is 1.59. The Morgan fingerprint density at radius 1 is 0.962 bits per heavy atom. The third kappa shape index (κ3) is 7.88. The van der Waals surface area contributed by atoms with E-state index in [1.54, 1.807) is 25.1 Å². The van der Waals surface area contributed by atoms with E-state index in [2.05, 4.69) is 4.72 Å². The molecule has 2 aromatic rings. The topological polar surface area (TPSA) is 89.3 Å². The van der Waals surface area contributed by atoms with Gasteiger partial charge in [-0.3, -0.25) is 19.2 Å². The summed E-state index contributed by atoms with van der Waals surface area (Å²) < 4.78 is 68.0. The van der Waals surface area contributed by atoms with Gasteiger partial charge in [0.1, 0.15) is 0 Å². The Kier molecular flexibility index (Phi) is 13.3. The van der Waals surface area contributed by atoms with Crippen molar-refractivity contribution in [3.63, 3.8) is 0 Å². The van der Waals surface area contributed by atoms with Crippen LogP contribution in [0.3, 0.4) is 0 Å². The summed E-state index contributed by atoms with van der Waals surface area (Å²) in [5, 5.41) is 10.8. The first-order valence-electron chi connectivity index (χ1n) is 6.39. The summed E-state index contributed by atoms with van der Waals surface area (Å²) in [4.78, 5) is 10.4. The minimum absolute atomic E-state index is 0.100. The molecule has 2 rings (SSSR count). The van der Waals surface area contributed by atoms with E-state index in [0.717, 1.165) is 0 Å².